The summed E-state index contributed by atoms with van der Waals surface area (Å²) in [6.07, 6.45) is 1.39. The Hall–Kier alpha value is -2.40. The van der Waals surface area contributed by atoms with Crippen molar-refractivity contribution in [3.63, 3.8) is 0 Å². The topological polar surface area (TPSA) is 65.5 Å². The molecule has 0 atom stereocenters. The number of ketones is 1. The van der Waals surface area contributed by atoms with Gasteiger partial charge < -0.3 is 9.47 Å². The number of rotatable bonds is 5. The zero-order chi connectivity index (χ0) is 15.2. The van der Waals surface area contributed by atoms with E-state index >= 15 is 0 Å². The largest absolute Gasteiger partial charge is 0.496 e. The van der Waals surface area contributed by atoms with E-state index in [1.54, 1.807) is 30.3 Å². The molecule has 5 nitrogen and oxygen atoms in total. The zero-order valence-electron chi connectivity index (χ0n) is 11.2. The maximum Gasteiger partial charge on any atom is 0.357 e. The number of nitrogens with zero attached hydrogens (tertiary/aromatic N) is 1. The quantitative estimate of drug-likeness (QED) is 0.628. The molecule has 0 aliphatic rings. The number of esters is 1. The molecule has 0 aliphatic heterocycles. The number of hydrogen-bond acceptors (Lipinski definition) is 5. The molecule has 0 saturated carbocycles. The first kappa shape index (κ1) is 15.0. The second kappa shape index (κ2) is 6.85. The first-order chi connectivity index (χ1) is 10.1. The third-order valence-electron chi connectivity index (χ3n) is 2.67. The number of methoxy groups -OCH3 is 1. The SMILES string of the molecule is COc1ccccc1C(=O)COC(=O)c1cc(Cl)ccn1. The summed E-state index contributed by atoms with van der Waals surface area (Å²) in [5.41, 5.74) is 0.405. The summed E-state index contributed by atoms with van der Waals surface area (Å²) in [5.74, 6) is -0.636. The summed E-state index contributed by atoms with van der Waals surface area (Å²) in [5, 5.41) is 0.369. The van der Waals surface area contributed by atoms with Crippen molar-refractivity contribution >= 4 is 23.4 Å². The van der Waals surface area contributed by atoms with Crippen LogP contribution in [0.3, 0.4) is 0 Å². The van der Waals surface area contributed by atoms with Crippen molar-refractivity contribution in [1.29, 1.82) is 0 Å². The number of ether oxygens (including phenoxy) is 2. The van der Waals surface area contributed by atoms with Crippen LogP contribution < -0.4 is 4.74 Å². The lowest BCUT2D eigenvalue weighted by atomic mass is 10.1. The number of halogens is 1. The van der Waals surface area contributed by atoms with Crippen LogP contribution in [0.1, 0.15) is 20.8 Å². The van der Waals surface area contributed by atoms with Crippen molar-refractivity contribution in [3.05, 3.63) is 58.9 Å². The van der Waals surface area contributed by atoms with Gasteiger partial charge in [-0.3, -0.25) is 4.79 Å². The van der Waals surface area contributed by atoms with E-state index in [1.165, 1.54) is 19.4 Å². The molecular formula is C15H12ClNO4. The van der Waals surface area contributed by atoms with Crippen molar-refractivity contribution in [2.45, 2.75) is 0 Å². The highest BCUT2D eigenvalue weighted by Crippen LogP contribution is 2.18. The third kappa shape index (κ3) is 3.79. The van der Waals surface area contributed by atoms with Crippen LogP contribution in [-0.4, -0.2) is 30.5 Å². The number of carbonyl (C=O) groups excluding carboxylic acids is 2. The molecule has 0 bridgehead atoms. The fourth-order valence-electron chi connectivity index (χ4n) is 1.67. The number of para-hydroxylation sites is 1. The summed E-state index contributed by atoms with van der Waals surface area (Å²) in [7, 11) is 1.47. The van der Waals surface area contributed by atoms with Gasteiger partial charge in [-0.2, -0.15) is 0 Å². The molecule has 0 amide bonds. The van der Waals surface area contributed by atoms with Crippen LogP contribution in [-0.2, 0) is 4.74 Å². The Morgan fingerprint density at radius 2 is 2.00 bits per heavy atom. The predicted molar refractivity (Wildman–Crippen MR) is 76.9 cm³/mol. The Bertz CT molecular complexity index is 672. The van der Waals surface area contributed by atoms with Crippen molar-refractivity contribution in [2.24, 2.45) is 0 Å². The van der Waals surface area contributed by atoms with Crippen molar-refractivity contribution in [1.82, 2.24) is 4.98 Å². The fourth-order valence-corrected chi connectivity index (χ4v) is 1.83. The van der Waals surface area contributed by atoms with Gasteiger partial charge in [-0.05, 0) is 24.3 Å². The lowest BCUT2D eigenvalue weighted by Crippen LogP contribution is -2.15. The molecule has 0 unspecified atom stereocenters. The van der Waals surface area contributed by atoms with Crippen LogP contribution in [0.5, 0.6) is 5.75 Å². The van der Waals surface area contributed by atoms with Gasteiger partial charge in [0.05, 0.1) is 12.7 Å². The molecule has 0 fully saturated rings. The standard InChI is InChI=1S/C15H12ClNO4/c1-20-14-5-3-2-4-11(14)13(18)9-21-15(19)12-8-10(16)6-7-17-12/h2-8H,9H2,1H3. The number of hydrogen-bond donors (Lipinski definition) is 0. The van der Waals surface area contributed by atoms with Gasteiger partial charge in [0.2, 0.25) is 5.78 Å². The van der Waals surface area contributed by atoms with Gasteiger partial charge in [0.15, 0.2) is 6.61 Å². The molecule has 108 valence electrons. The molecule has 0 saturated heterocycles. The van der Waals surface area contributed by atoms with Gasteiger partial charge >= 0.3 is 5.97 Å². The molecular weight excluding hydrogens is 294 g/mol. The Balaban J connectivity index is 2.02. The molecule has 0 spiro atoms. The average molecular weight is 306 g/mol. The molecule has 2 rings (SSSR count). The smallest absolute Gasteiger partial charge is 0.357 e. The summed E-state index contributed by atoms with van der Waals surface area (Å²) in [4.78, 5) is 27.6. The van der Waals surface area contributed by atoms with E-state index in [4.69, 9.17) is 21.1 Å². The normalized spacial score (nSPS) is 10.0. The first-order valence-electron chi connectivity index (χ1n) is 6.06. The highest BCUT2D eigenvalue weighted by molar-refractivity contribution is 6.30. The van der Waals surface area contributed by atoms with E-state index in [1.807, 2.05) is 0 Å². The van der Waals surface area contributed by atoms with E-state index in [0.717, 1.165) is 0 Å². The minimum absolute atomic E-state index is 0.0512. The highest BCUT2D eigenvalue weighted by Gasteiger charge is 2.15. The van der Waals surface area contributed by atoms with E-state index in [0.29, 0.717) is 16.3 Å². The van der Waals surface area contributed by atoms with E-state index < -0.39 is 12.6 Å². The molecule has 1 heterocycles. The summed E-state index contributed by atoms with van der Waals surface area (Å²) < 4.78 is 10.0. The zero-order valence-corrected chi connectivity index (χ0v) is 12.0. The van der Waals surface area contributed by atoms with Crippen LogP contribution >= 0.6 is 11.6 Å². The van der Waals surface area contributed by atoms with E-state index in [2.05, 4.69) is 4.98 Å². The maximum atomic E-state index is 12.0. The Morgan fingerprint density at radius 1 is 1.24 bits per heavy atom. The Labute approximate surface area is 126 Å². The molecule has 21 heavy (non-hydrogen) atoms. The highest BCUT2D eigenvalue weighted by atomic mass is 35.5. The molecule has 1 aromatic heterocycles. The molecule has 6 heteroatoms. The van der Waals surface area contributed by atoms with Gasteiger partial charge in [0.1, 0.15) is 11.4 Å². The number of pyridine rings is 1. The summed E-state index contributed by atoms with van der Waals surface area (Å²) in [6.45, 7) is -0.395. The van der Waals surface area contributed by atoms with Crippen LogP contribution in [0.4, 0.5) is 0 Å². The molecule has 0 aliphatic carbocycles. The van der Waals surface area contributed by atoms with Crippen LogP contribution in [0.15, 0.2) is 42.6 Å². The fraction of sp³-hybridized carbons (Fsp3) is 0.133. The number of Topliss-reactive ketones (excluding diaryl/α,β-unsaturated/α-hetero) is 1. The third-order valence-corrected chi connectivity index (χ3v) is 2.91. The first-order valence-corrected chi connectivity index (χ1v) is 6.44. The molecule has 0 radical (unpaired) electrons. The van der Waals surface area contributed by atoms with Crippen LogP contribution in [0.25, 0.3) is 0 Å². The lowest BCUT2D eigenvalue weighted by molar-refractivity contribution is 0.0468. The Morgan fingerprint density at radius 3 is 2.71 bits per heavy atom. The van der Waals surface area contributed by atoms with Gasteiger partial charge in [-0.15, -0.1) is 0 Å². The van der Waals surface area contributed by atoms with Crippen molar-refractivity contribution in [3.8, 4) is 5.75 Å². The second-order valence-electron chi connectivity index (χ2n) is 4.06. The number of benzene rings is 1. The van der Waals surface area contributed by atoms with Gasteiger partial charge in [-0.1, -0.05) is 23.7 Å². The van der Waals surface area contributed by atoms with Crippen LogP contribution in [0.2, 0.25) is 5.02 Å². The monoisotopic (exact) mass is 305 g/mol. The maximum absolute atomic E-state index is 12.0. The summed E-state index contributed by atoms with van der Waals surface area (Å²) >= 11 is 5.76. The van der Waals surface area contributed by atoms with Gasteiger partial charge in [0.25, 0.3) is 0 Å². The minimum atomic E-state index is -0.708. The number of aromatic nitrogens is 1. The molecule has 2 aromatic rings. The van der Waals surface area contributed by atoms with Crippen molar-refractivity contribution < 1.29 is 19.1 Å². The number of carbonyl (C=O) groups is 2. The van der Waals surface area contributed by atoms with Gasteiger partial charge in [0, 0.05) is 11.2 Å². The Kier molecular flexibility index (Phi) is 4.90. The van der Waals surface area contributed by atoms with Gasteiger partial charge in [-0.25, -0.2) is 9.78 Å². The van der Waals surface area contributed by atoms with Crippen LogP contribution in [0, 0.1) is 0 Å². The molecule has 0 N–H and O–H groups in total. The van der Waals surface area contributed by atoms with E-state index in [9.17, 15) is 9.59 Å². The predicted octanol–water partition coefficient (Wildman–Crippen LogP) is 2.78. The average Bonchev–Trinajstić information content (AvgIpc) is 2.52. The second-order valence-corrected chi connectivity index (χ2v) is 4.50. The lowest BCUT2D eigenvalue weighted by Gasteiger charge is -2.07. The minimum Gasteiger partial charge on any atom is -0.496 e. The van der Waals surface area contributed by atoms with E-state index in [-0.39, 0.29) is 11.5 Å². The molecule has 1 aromatic carbocycles. The summed E-state index contributed by atoms with van der Waals surface area (Å²) in [6, 6.07) is 9.63. The van der Waals surface area contributed by atoms with Crippen molar-refractivity contribution in [2.75, 3.05) is 13.7 Å².